The standard InChI is InChI=1S/C23H25N3O4/c1-14(26-11-10-15-6-4-5-7-16(15)13-26)22(27)25-20-18-9-8-17(29-2)12-19(18)24-21(20)23(28)30-3/h4-9,12,14,24H,10-11,13H2,1-3H3,(H,25,27)/t14-/m0/s1. The third-order valence-electron chi connectivity index (χ3n) is 5.73. The highest BCUT2D eigenvalue weighted by Crippen LogP contribution is 2.31. The number of nitrogens with one attached hydrogen (secondary N) is 2. The molecule has 1 aliphatic rings. The summed E-state index contributed by atoms with van der Waals surface area (Å²) in [6, 6.07) is 13.3. The molecule has 2 aromatic carbocycles. The van der Waals surface area contributed by atoms with Crippen LogP contribution in [0.25, 0.3) is 10.9 Å². The minimum Gasteiger partial charge on any atom is -0.497 e. The molecular weight excluding hydrogens is 382 g/mol. The summed E-state index contributed by atoms with van der Waals surface area (Å²) in [5.41, 5.74) is 3.90. The first-order valence-electron chi connectivity index (χ1n) is 9.91. The van der Waals surface area contributed by atoms with Gasteiger partial charge in [0.15, 0.2) is 0 Å². The smallest absolute Gasteiger partial charge is 0.356 e. The molecule has 0 radical (unpaired) electrons. The van der Waals surface area contributed by atoms with Crippen molar-refractivity contribution < 1.29 is 19.1 Å². The number of nitrogens with zero attached hydrogens (tertiary/aromatic N) is 1. The van der Waals surface area contributed by atoms with Crippen LogP contribution in [0.5, 0.6) is 5.75 Å². The van der Waals surface area contributed by atoms with Gasteiger partial charge in [-0.25, -0.2) is 4.79 Å². The number of carbonyl (C=O) groups is 2. The second-order valence-corrected chi connectivity index (χ2v) is 7.43. The average Bonchev–Trinajstić information content (AvgIpc) is 3.14. The number of benzene rings is 2. The van der Waals surface area contributed by atoms with Crippen LogP contribution in [0.3, 0.4) is 0 Å². The molecule has 1 aromatic heterocycles. The molecule has 3 aromatic rings. The quantitative estimate of drug-likeness (QED) is 0.634. The number of hydrogen-bond donors (Lipinski definition) is 2. The lowest BCUT2D eigenvalue weighted by atomic mass is 9.98. The highest BCUT2D eigenvalue weighted by atomic mass is 16.5. The highest BCUT2D eigenvalue weighted by molar-refractivity contribution is 6.11. The predicted octanol–water partition coefficient (Wildman–Crippen LogP) is 3.35. The van der Waals surface area contributed by atoms with Crippen LogP contribution >= 0.6 is 0 Å². The Balaban J connectivity index is 1.60. The van der Waals surface area contributed by atoms with Crippen molar-refractivity contribution in [2.24, 2.45) is 0 Å². The molecule has 4 rings (SSSR count). The summed E-state index contributed by atoms with van der Waals surface area (Å²) < 4.78 is 10.2. The van der Waals surface area contributed by atoms with Crippen molar-refractivity contribution in [2.45, 2.75) is 25.9 Å². The number of carbonyl (C=O) groups excluding carboxylic acids is 2. The van der Waals surface area contributed by atoms with Crippen LogP contribution in [0.1, 0.15) is 28.5 Å². The monoisotopic (exact) mass is 407 g/mol. The molecule has 0 spiro atoms. The zero-order valence-electron chi connectivity index (χ0n) is 17.3. The Bertz CT molecular complexity index is 1110. The van der Waals surface area contributed by atoms with Crippen LogP contribution in [-0.2, 0) is 22.5 Å². The van der Waals surface area contributed by atoms with Crippen LogP contribution in [0, 0.1) is 0 Å². The molecule has 0 aliphatic carbocycles. The number of hydrogen-bond acceptors (Lipinski definition) is 5. The molecule has 0 fully saturated rings. The van der Waals surface area contributed by atoms with Crippen LogP contribution in [0.2, 0.25) is 0 Å². The normalized spacial score (nSPS) is 14.8. The van der Waals surface area contributed by atoms with E-state index >= 15 is 0 Å². The van der Waals surface area contributed by atoms with E-state index in [1.54, 1.807) is 19.2 Å². The van der Waals surface area contributed by atoms with Gasteiger partial charge in [-0.05, 0) is 36.6 Å². The van der Waals surface area contributed by atoms with Crippen molar-refractivity contribution in [2.75, 3.05) is 26.1 Å². The summed E-state index contributed by atoms with van der Waals surface area (Å²) in [6.07, 6.45) is 0.911. The molecule has 7 heteroatoms. The Hall–Kier alpha value is -3.32. The lowest BCUT2D eigenvalue weighted by Crippen LogP contribution is -2.44. The van der Waals surface area contributed by atoms with Gasteiger partial charge in [-0.2, -0.15) is 0 Å². The van der Waals surface area contributed by atoms with E-state index in [0.29, 0.717) is 17.0 Å². The Morgan fingerprint density at radius 1 is 1.13 bits per heavy atom. The second kappa shape index (κ2) is 8.20. The van der Waals surface area contributed by atoms with Crippen LogP contribution in [-0.4, -0.2) is 48.6 Å². The van der Waals surface area contributed by atoms with Crippen LogP contribution in [0.15, 0.2) is 42.5 Å². The van der Waals surface area contributed by atoms with E-state index in [-0.39, 0.29) is 17.6 Å². The third-order valence-corrected chi connectivity index (χ3v) is 5.73. The highest BCUT2D eigenvalue weighted by Gasteiger charge is 2.28. The first-order chi connectivity index (χ1) is 14.5. The molecule has 1 amide bonds. The van der Waals surface area contributed by atoms with E-state index in [2.05, 4.69) is 27.3 Å². The van der Waals surface area contributed by atoms with Crippen molar-refractivity contribution in [1.29, 1.82) is 0 Å². The van der Waals surface area contributed by atoms with Gasteiger partial charge in [-0.3, -0.25) is 9.69 Å². The van der Waals surface area contributed by atoms with Gasteiger partial charge >= 0.3 is 5.97 Å². The van der Waals surface area contributed by atoms with Crippen LogP contribution < -0.4 is 10.1 Å². The van der Waals surface area contributed by atoms with E-state index in [1.807, 2.05) is 25.1 Å². The number of amides is 1. The fraction of sp³-hybridized carbons (Fsp3) is 0.304. The van der Waals surface area contributed by atoms with Crippen molar-refractivity contribution in [3.05, 3.63) is 59.3 Å². The molecule has 30 heavy (non-hydrogen) atoms. The first kappa shape index (κ1) is 20.0. The number of fused-ring (bicyclic) bond motifs is 2. The molecule has 156 valence electrons. The Kier molecular flexibility index (Phi) is 5.46. The summed E-state index contributed by atoms with van der Waals surface area (Å²) >= 11 is 0. The number of ether oxygens (including phenoxy) is 2. The Morgan fingerprint density at radius 2 is 1.90 bits per heavy atom. The lowest BCUT2D eigenvalue weighted by molar-refractivity contribution is -0.121. The van der Waals surface area contributed by atoms with Gasteiger partial charge in [0.05, 0.1) is 31.5 Å². The van der Waals surface area contributed by atoms with Crippen molar-refractivity contribution in [3.63, 3.8) is 0 Å². The molecule has 0 unspecified atom stereocenters. The van der Waals surface area contributed by atoms with E-state index in [4.69, 9.17) is 9.47 Å². The van der Waals surface area contributed by atoms with Crippen LogP contribution in [0.4, 0.5) is 5.69 Å². The molecule has 7 nitrogen and oxygen atoms in total. The van der Waals surface area contributed by atoms with E-state index in [0.717, 1.165) is 24.9 Å². The topological polar surface area (TPSA) is 83.7 Å². The predicted molar refractivity (Wildman–Crippen MR) is 115 cm³/mol. The maximum Gasteiger partial charge on any atom is 0.356 e. The number of methoxy groups -OCH3 is 2. The average molecular weight is 407 g/mol. The third kappa shape index (κ3) is 3.64. The minimum absolute atomic E-state index is 0.170. The molecule has 0 saturated carbocycles. The summed E-state index contributed by atoms with van der Waals surface area (Å²) in [5.74, 6) is -0.0605. The maximum atomic E-state index is 13.1. The zero-order valence-corrected chi connectivity index (χ0v) is 17.3. The molecule has 1 atom stereocenters. The molecular formula is C23H25N3O4. The van der Waals surface area contributed by atoms with Crippen molar-refractivity contribution >= 4 is 28.5 Å². The maximum absolute atomic E-state index is 13.1. The summed E-state index contributed by atoms with van der Waals surface area (Å²) in [4.78, 5) is 30.6. The first-order valence-corrected chi connectivity index (χ1v) is 9.91. The van der Waals surface area contributed by atoms with Crippen molar-refractivity contribution in [3.8, 4) is 5.75 Å². The second-order valence-electron chi connectivity index (χ2n) is 7.43. The van der Waals surface area contributed by atoms with E-state index in [9.17, 15) is 9.59 Å². The van der Waals surface area contributed by atoms with E-state index in [1.165, 1.54) is 18.2 Å². The summed E-state index contributed by atoms with van der Waals surface area (Å²) in [7, 11) is 2.89. The Labute approximate surface area is 175 Å². The number of aromatic amines is 1. The molecule has 2 N–H and O–H groups in total. The van der Waals surface area contributed by atoms with Gasteiger partial charge < -0.3 is 19.8 Å². The fourth-order valence-electron chi connectivity index (χ4n) is 3.93. The minimum atomic E-state index is -0.542. The molecule has 1 aliphatic heterocycles. The lowest BCUT2D eigenvalue weighted by Gasteiger charge is -2.32. The largest absolute Gasteiger partial charge is 0.497 e. The van der Waals surface area contributed by atoms with Gasteiger partial charge in [0, 0.05) is 24.5 Å². The van der Waals surface area contributed by atoms with Crippen molar-refractivity contribution in [1.82, 2.24) is 9.88 Å². The number of H-pyrrole nitrogens is 1. The van der Waals surface area contributed by atoms with Gasteiger partial charge in [0.2, 0.25) is 5.91 Å². The molecule has 0 bridgehead atoms. The molecule has 0 saturated heterocycles. The Morgan fingerprint density at radius 3 is 2.63 bits per heavy atom. The molecule has 2 heterocycles. The number of esters is 1. The number of rotatable bonds is 5. The van der Waals surface area contributed by atoms with Gasteiger partial charge in [-0.1, -0.05) is 24.3 Å². The SMILES string of the molecule is COC(=O)c1[nH]c2cc(OC)ccc2c1NC(=O)[C@H](C)N1CCc2ccccc2C1. The summed E-state index contributed by atoms with van der Waals surface area (Å²) in [6.45, 7) is 3.42. The van der Waals surface area contributed by atoms with Gasteiger partial charge in [0.25, 0.3) is 0 Å². The van der Waals surface area contributed by atoms with E-state index < -0.39 is 5.97 Å². The van der Waals surface area contributed by atoms with Gasteiger partial charge in [0.1, 0.15) is 11.4 Å². The van der Waals surface area contributed by atoms with Gasteiger partial charge in [-0.15, -0.1) is 0 Å². The number of aromatic nitrogens is 1. The zero-order chi connectivity index (χ0) is 21.3. The summed E-state index contributed by atoms with van der Waals surface area (Å²) in [5, 5.41) is 3.68. The fourth-order valence-corrected chi connectivity index (χ4v) is 3.93. The number of anilines is 1.